The van der Waals surface area contributed by atoms with Crippen molar-refractivity contribution in [3.05, 3.63) is 79.0 Å². The molecule has 0 atom stereocenters. The van der Waals surface area contributed by atoms with Gasteiger partial charge in [-0.15, -0.1) is 0 Å². The fourth-order valence-corrected chi connectivity index (χ4v) is 5.67. The first-order valence-corrected chi connectivity index (χ1v) is 11.5. The molecule has 0 amide bonds. The molecule has 0 aliphatic carbocycles. The number of pyridine rings is 1. The van der Waals surface area contributed by atoms with Crippen LogP contribution in [-0.2, 0) is 0 Å². The second kappa shape index (κ2) is 8.13. The van der Waals surface area contributed by atoms with Gasteiger partial charge >= 0.3 is 165 Å². The SMILES string of the molecule is CCCSc1nc([Se]c2ccc(-c3ccccc3)cc2)c2ccccn12. The summed E-state index contributed by atoms with van der Waals surface area (Å²) < 4.78 is 4.80. The zero-order chi connectivity index (χ0) is 17.8. The van der Waals surface area contributed by atoms with Gasteiger partial charge in [-0.1, -0.05) is 0 Å². The van der Waals surface area contributed by atoms with Crippen LogP contribution in [0.4, 0.5) is 0 Å². The van der Waals surface area contributed by atoms with Gasteiger partial charge in [0.1, 0.15) is 0 Å². The van der Waals surface area contributed by atoms with Crippen molar-refractivity contribution in [3.63, 3.8) is 0 Å². The van der Waals surface area contributed by atoms with E-state index < -0.39 is 0 Å². The van der Waals surface area contributed by atoms with Crippen LogP contribution in [0, 0.1) is 0 Å². The van der Waals surface area contributed by atoms with Gasteiger partial charge in [-0.25, -0.2) is 0 Å². The third-order valence-electron chi connectivity index (χ3n) is 4.09. The van der Waals surface area contributed by atoms with Crippen LogP contribution in [0.1, 0.15) is 13.3 Å². The Balaban J connectivity index is 1.61. The van der Waals surface area contributed by atoms with Crippen molar-refractivity contribution in [2.75, 3.05) is 5.75 Å². The average molecular weight is 423 g/mol. The van der Waals surface area contributed by atoms with Crippen LogP contribution < -0.4 is 9.05 Å². The molecular formula is C22H20N2SSe. The molecule has 2 aromatic heterocycles. The summed E-state index contributed by atoms with van der Waals surface area (Å²) in [5.74, 6) is 1.10. The standard InChI is InChI=1S/C22H20N2SSe/c1-2-16-25-22-23-21(20-10-6-7-15-24(20)22)26-19-13-11-18(12-14-19)17-8-4-3-5-9-17/h3-15H,2,16H2,1H3. The molecule has 0 N–H and O–H groups in total. The van der Waals surface area contributed by atoms with Gasteiger partial charge in [0, 0.05) is 0 Å². The molecule has 2 nitrogen and oxygen atoms in total. The van der Waals surface area contributed by atoms with Gasteiger partial charge in [0.25, 0.3) is 0 Å². The van der Waals surface area contributed by atoms with Crippen LogP contribution in [-0.4, -0.2) is 30.1 Å². The molecule has 0 fully saturated rings. The van der Waals surface area contributed by atoms with E-state index in [-0.39, 0.29) is 15.0 Å². The summed E-state index contributed by atoms with van der Waals surface area (Å²) in [7, 11) is 0. The molecule has 0 bridgehead atoms. The fraction of sp³-hybridized carbons (Fsp3) is 0.136. The summed E-state index contributed by atoms with van der Waals surface area (Å²) in [6, 6.07) is 25.8. The van der Waals surface area contributed by atoms with Gasteiger partial charge in [-0.05, 0) is 0 Å². The molecule has 130 valence electrons. The number of thioether (sulfide) groups is 1. The van der Waals surface area contributed by atoms with Crippen molar-refractivity contribution in [3.8, 4) is 11.1 Å². The average Bonchev–Trinajstić information content (AvgIpc) is 3.05. The number of fused-ring (bicyclic) bond motifs is 1. The molecule has 26 heavy (non-hydrogen) atoms. The number of rotatable bonds is 6. The quantitative estimate of drug-likeness (QED) is 0.342. The fourth-order valence-electron chi connectivity index (χ4n) is 2.81. The number of aromatic nitrogens is 2. The summed E-state index contributed by atoms with van der Waals surface area (Å²) in [4.78, 5) is 4.96. The Kier molecular flexibility index (Phi) is 5.45. The van der Waals surface area contributed by atoms with E-state index in [1.165, 1.54) is 25.7 Å². The van der Waals surface area contributed by atoms with Gasteiger partial charge in [0.05, 0.1) is 0 Å². The second-order valence-electron chi connectivity index (χ2n) is 6.00. The summed E-state index contributed by atoms with van der Waals surface area (Å²) in [5, 5.41) is 1.11. The molecular weight excluding hydrogens is 403 g/mol. The zero-order valence-corrected chi connectivity index (χ0v) is 17.2. The summed E-state index contributed by atoms with van der Waals surface area (Å²) in [6.45, 7) is 2.21. The van der Waals surface area contributed by atoms with Gasteiger partial charge in [-0.2, -0.15) is 0 Å². The van der Waals surface area contributed by atoms with E-state index in [1.54, 1.807) is 0 Å². The monoisotopic (exact) mass is 424 g/mol. The Morgan fingerprint density at radius 2 is 1.62 bits per heavy atom. The topological polar surface area (TPSA) is 17.3 Å². The molecule has 4 aromatic rings. The minimum absolute atomic E-state index is 0.201. The van der Waals surface area contributed by atoms with Crippen molar-refractivity contribution in [2.24, 2.45) is 0 Å². The number of benzene rings is 2. The first kappa shape index (κ1) is 17.4. The normalized spacial score (nSPS) is 11.1. The molecule has 0 aliphatic rings. The summed E-state index contributed by atoms with van der Waals surface area (Å²) in [6.07, 6.45) is 3.28. The summed E-state index contributed by atoms with van der Waals surface area (Å²) >= 11 is 2.04. The zero-order valence-electron chi connectivity index (χ0n) is 14.6. The van der Waals surface area contributed by atoms with Crippen LogP contribution >= 0.6 is 11.8 Å². The Bertz CT molecular complexity index is 994. The molecule has 0 unspecified atom stereocenters. The maximum atomic E-state index is 4.96. The van der Waals surface area contributed by atoms with Crippen LogP contribution in [0.25, 0.3) is 16.6 Å². The van der Waals surface area contributed by atoms with Crippen LogP contribution in [0.15, 0.2) is 84.1 Å². The first-order valence-electron chi connectivity index (χ1n) is 8.78. The van der Waals surface area contributed by atoms with Gasteiger partial charge < -0.3 is 0 Å². The van der Waals surface area contributed by atoms with E-state index in [4.69, 9.17) is 4.98 Å². The molecule has 0 saturated heterocycles. The van der Waals surface area contributed by atoms with E-state index in [0.29, 0.717) is 0 Å². The molecule has 4 rings (SSSR count). The molecule has 2 heterocycles. The number of nitrogens with zero attached hydrogens (tertiary/aromatic N) is 2. The molecule has 4 heteroatoms. The second-order valence-corrected chi connectivity index (χ2v) is 9.29. The van der Waals surface area contributed by atoms with Crippen molar-refractivity contribution >= 4 is 41.3 Å². The van der Waals surface area contributed by atoms with E-state index in [9.17, 15) is 0 Å². The van der Waals surface area contributed by atoms with E-state index in [0.717, 1.165) is 17.3 Å². The third-order valence-corrected chi connectivity index (χ3v) is 7.35. The van der Waals surface area contributed by atoms with E-state index >= 15 is 0 Å². The van der Waals surface area contributed by atoms with Crippen LogP contribution in [0.3, 0.4) is 0 Å². The third kappa shape index (κ3) is 3.73. The van der Waals surface area contributed by atoms with Crippen molar-refractivity contribution < 1.29 is 0 Å². The Morgan fingerprint density at radius 1 is 0.885 bits per heavy atom. The summed E-state index contributed by atoms with van der Waals surface area (Å²) in [5.41, 5.74) is 3.76. The Morgan fingerprint density at radius 3 is 2.38 bits per heavy atom. The van der Waals surface area contributed by atoms with Crippen molar-refractivity contribution in [1.29, 1.82) is 0 Å². The van der Waals surface area contributed by atoms with Gasteiger partial charge in [-0.3, -0.25) is 0 Å². The number of hydrogen-bond donors (Lipinski definition) is 0. The van der Waals surface area contributed by atoms with Crippen molar-refractivity contribution in [2.45, 2.75) is 18.5 Å². The van der Waals surface area contributed by atoms with E-state index in [1.807, 2.05) is 11.8 Å². The molecule has 2 aromatic carbocycles. The first-order chi connectivity index (χ1) is 12.8. The van der Waals surface area contributed by atoms with E-state index in [2.05, 4.69) is 90.3 Å². The predicted octanol–water partition coefficient (Wildman–Crippen LogP) is 4.16. The van der Waals surface area contributed by atoms with Gasteiger partial charge in [0.15, 0.2) is 0 Å². The molecule has 0 radical (unpaired) electrons. The number of imidazole rings is 1. The molecule has 0 aliphatic heterocycles. The Labute approximate surface area is 164 Å². The maximum absolute atomic E-state index is 4.96. The number of hydrogen-bond acceptors (Lipinski definition) is 2. The molecule has 0 saturated carbocycles. The Hall–Kier alpha value is -2.00. The molecule has 0 spiro atoms. The minimum atomic E-state index is 0.201. The van der Waals surface area contributed by atoms with Crippen LogP contribution in [0.5, 0.6) is 0 Å². The van der Waals surface area contributed by atoms with Gasteiger partial charge in [0.2, 0.25) is 0 Å². The predicted molar refractivity (Wildman–Crippen MR) is 113 cm³/mol. The van der Waals surface area contributed by atoms with Crippen molar-refractivity contribution in [1.82, 2.24) is 9.38 Å². The van der Waals surface area contributed by atoms with Crippen LogP contribution in [0.2, 0.25) is 0 Å².